The van der Waals surface area contributed by atoms with Crippen molar-refractivity contribution in [3.05, 3.63) is 12.0 Å². The monoisotopic (exact) mass is 228 g/mol. The van der Waals surface area contributed by atoms with E-state index in [9.17, 15) is 4.39 Å². The molecule has 2 heterocycles. The second-order valence-corrected chi connectivity index (χ2v) is 3.25. The first-order valence-electron chi connectivity index (χ1n) is 4.88. The highest BCUT2D eigenvalue weighted by molar-refractivity contribution is 5.39. The SMILES string of the molecule is NNc1ncc(F)c(NN2CCOCC2)n1. The number of aromatic nitrogens is 2. The van der Waals surface area contributed by atoms with Gasteiger partial charge < -0.3 is 10.2 Å². The minimum atomic E-state index is -0.523. The molecule has 0 saturated carbocycles. The van der Waals surface area contributed by atoms with Gasteiger partial charge in [0.15, 0.2) is 11.6 Å². The molecule has 16 heavy (non-hydrogen) atoms. The van der Waals surface area contributed by atoms with Gasteiger partial charge in [0.2, 0.25) is 5.95 Å². The molecule has 4 N–H and O–H groups in total. The Bertz CT molecular complexity index is 356. The van der Waals surface area contributed by atoms with Crippen molar-refractivity contribution in [2.75, 3.05) is 37.2 Å². The van der Waals surface area contributed by atoms with Crippen molar-refractivity contribution in [3.63, 3.8) is 0 Å². The van der Waals surface area contributed by atoms with E-state index in [1.54, 1.807) is 0 Å². The molecule has 1 fully saturated rings. The Balaban J connectivity index is 2.06. The minimum Gasteiger partial charge on any atom is -0.379 e. The molecule has 1 aliphatic rings. The molecule has 0 radical (unpaired) electrons. The summed E-state index contributed by atoms with van der Waals surface area (Å²) in [4.78, 5) is 7.51. The second-order valence-electron chi connectivity index (χ2n) is 3.25. The summed E-state index contributed by atoms with van der Waals surface area (Å²) in [5.74, 6) is 4.89. The number of nitrogens with one attached hydrogen (secondary N) is 2. The highest BCUT2D eigenvalue weighted by Gasteiger charge is 2.13. The fourth-order valence-corrected chi connectivity index (χ4v) is 1.34. The van der Waals surface area contributed by atoms with Crippen LogP contribution in [0.1, 0.15) is 0 Å². The second kappa shape index (κ2) is 5.01. The predicted octanol–water partition coefficient (Wildman–Crippen LogP) is -0.440. The number of hydrogen-bond acceptors (Lipinski definition) is 7. The summed E-state index contributed by atoms with van der Waals surface area (Å²) in [6, 6.07) is 0. The third-order valence-electron chi connectivity index (χ3n) is 2.15. The van der Waals surface area contributed by atoms with Gasteiger partial charge >= 0.3 is 0 Å². The van der Waals surface area contributed by atoms with Gasteiger partial charge in [0.1, 0.15) is 0 Å². The molecule has 1 saturated heterocycles. The van der Waals surface area contributed by atoms with Gasteiger partial charge in [-0.05, 0) is 0 Å². The van der Waals surface area contributed by atoms with E-state index in [2.05, 4.69) is 20.8 Å². The maximum Gasteiger partial charge on any atom is 0.239 e. The predicted molar refractivity (Wildman–Crippen MR) is 55.8 cm³/mol. The highest BCUT2D eigenvalue weighted by Crippen LogP contribution is 2.12. The zero-order valence-electron chi connectivity index (χ0n) is 8.61. The number of hydrogen-bond donors (Lipinski definition) is 3. The quantitative estimate of drug-likeness (QED) is 0.477. The van der Waals surface area contributed by atoms with Gasteiger partial charge in [-0.1, -0.05) is 0 Å². The third-order valence-corrected chi connectivity index (χ3v) is 2.15. The van der Waals surface area contributed by atoms with Gasteiger partial charge in [0.25, 0.3) is 0 Å². The number of nitrogens with two attached hydrogens (primary N) is 1. The number of anilines is 2. The molecule has 0 bridgehead atoms. The fraction of sp³-hybridized carbons (Fsp3) is 0.500. The first kappa shape index (κ1) is 11.0. The van der Waals surface area contributed by atoms with Gasteiger partial charge in [-0.25, -0.2) is 20.2 Å². The number of nitrogen functional groups attached to an aromatic ring is 1. The van der Waals surface area contributed by atoms with Crippen molar-refractivity contribution in [2.24, 2.45) is 5.84 Å². The smallest absolute Gasteiger partial charge is 0.239 e. The van der Waals surface area contributed by atoms with Crippen LogP contribution in [0.5, 0.6) is 0 Å². The van der Waals surface area contributed by atoms with Crippen LogP contribution in [0.4, 0.5) is 16.2 Å². The standard InChI is InChI=1S/C8H13FN6O/c9-6-5-11-8(13-10)12-7(6)14-15-1-3-16-4-2-15/h5H,1-4,10H2,(H2,11,12,13,14). The number of ether oxygens (including phenoxy) is 1. The summed E-state index contributed by atoms with van der Waals surface area (Å²) in [6.07, 6.45) is 1.06. The van der Waals surface area contributed by atoms with Crippen molar-refractivity contribution < 1.29 is 9.13 Å². The molecule has 1 aromatic rings. The van der Waals surface area contributed by atoms with Gasteiger partial charge in [-0.2, -0.15) is 4.98 Å². The van der Waals surface area contributed by atoms with E-state index in [4.69, 9.17) is 10.6 Å². The van der Waals surface area contributed by atoms with Crippen LogP contribution >= 0.6 is 0 Å². The minimum absolute atomic E-state index is 0.102. The molecule has 1 aliphatic heterocycles. The van der Waals surface area contributed by atoms with Crippen LogP contribution in [0.2, 0.25) is 0 Å². The molecule has 0 spiro atoms. The molecule has 2 rings (SSSR count). The van der Waals surface area contributed by atoms with Crippen LogP contribution < -0.4 is 16.7 Å². The lowest BCUT2D eigenvalue weighted by molar-refractivity contribution is 0.0493. The first-order chi connectivity index (χ1) is 7.79. The molecule has 0 atom stereocenters. The molecule has 7 nitrogen and oxygen atoms in total. The van der Waals surface area contributed by atoms with E-state index in [0.717, 1.165) is 6.20 Å². The van der Waals surface area contributed by atoms with Crippen LogP contribution in [0.3, 0.4) is 0 Å². The Morgan fingerprint density at radius 3 is 2.88 bits per heavy atom. The van der Waals surface area contributed by atoms with E-state index in [0.29, 0.717) is 26.3 Å². The molecule has 0 aliphatic carbocycles. The first-order valence-corrected chi connectivity index (χ1v) is 4.88. The number of halogens is 1. The summed E-state index contributed by atoms with van der Waals surface area (Å²) in [5, 5.41) is 1.83. The summed E-state index contributed by atoms with van der Waals surface area (Å²) in [6.45, 7) is 2.58. The van der Waals surface area contributed by atoms with Crippen LogP contribution in [-0.4, -0.2) is 41.3 Å². The van der Waals surface area contributed by atoms with Crippen molar-refractivity contribution in [2.45, 2.75) is 0 Å². The summed E-state index contributed by atoms with van der Waals surface area (Å²) in [7, 11) is 0. The van der Waals surface area contributed by atoms with Gasteiger partial charge in [0, 0.05) is 13.1 Å². The molecule has 1 aromatic heterocycles. The highest BCUT2D eigenvalue weighted by atomic mass is 19.1. The van der Waals surface area contributed by atoms with Crippen molar-refractivity contribution in [1.29, 1.82) is 0 Å². The van der Waals surface area contributed by atoms with Crippen molar-refractivity contribution in [1.82, 2.24) is 15.0 Å². The van der Waals surface area contributed by atoms with Gasteiger partial charge in [0.05, 0.1) is 19.4 Å². The van der Waals surface area contributed by atoms with E-state index < -0.39 is 5.82 Å². The molecular formula is C8H13FN6O. The van der Waals surface area contributed by atoms with Crippen LogP contribution in [-0.2, 0) is 4.74 Å². The summed E-state index contributed by atoms with van der Waals surface area (Å²) < 4.78 is 18.5. The summed E-state index contributed by atoms with van der Waals surface area (Å²) >= 11 is 0. The van der Waals surface area contributed by atoms with Crippen LogP contribution in [0.25, 0.3) is 0 Å². The Morgan fingerprint density at radius 1 is 1.44 bits per heavy atom. The van der Waals surface area contributed by atoms with Crippen LogP contribution in [0, 0.1) is 5.82 Å². The maximum atomic E-state index is 13.3. The fourth-order valence-electron chi connectivity index (χ4n) is 1.34. The number of hydrazine groups is 2. The molecule has 0 amide bonds. The maximum absolute atomic E-state index is 13.3. The Labute approximate surface area is 91.7 Å². The van der Waals surface area contributed by atoms with E-state index in [1.165, 1.54) is 0 Å². The Hall–Kier alpha value is -1.51. The zero-order chi connectivity index (χ0) is 11.4. The lowest BCUT2D eigenvalue weighted by Crippen LogP contribution is -2.40. The van der Waals surface area contributed by atoms with Gasteiger partial charge in [-0.3, -0.25) is 5.43 Å². The van der Waals surface area contributed by atoms with E-state index >= 15 is 0 Å². The average molecular weight is 228 g/mol. The van der Waals surface area contributed by atoms with Crippen molar-refractivity contribution in [3.8, 4) is 0 Å². The molecule has 88 valence electrons. The van der Waals surface area contributed by atoms with Crippen LogP contribution in [0.15, 0.2) is 6.20 Å². The zero-order valence-corrected chi connectivity index (χ0v) is 8.61. The molecular weight excluding hydrogens is 215 g/mol. The van der Waals surface area contributed by atoms with E-state index in [1.807, 2.05) is 5.01 Å². The lowest BCUT2D eigenvalue weighted by Gasteiger charge is -2.27. The number of nitrogens with zero attached hydrogens (tertiary/aromatic N) is 3. The largest absolute Gasteiger partial charge is 0.379 e. The number of rotatable bonds is 3. The Morgan fingerprint density at radius 2 is 2.19 bits per heavy atom. The van der Waals surface area contributed by atoms with E-state index in [-0.39, 0.29) is 11.8 Å². The molecule has 0 aromatic carbocycles. The topological polar surface area (TPSA) is 88.3 Å². The molecule has 8 heteroatoms. The van der Waals surface area contributed by atoms with Gasteiger partial charge in [-0.15, -0.1) is 0 Å². The molecule has 0 unspecified atom stereocenters. The van der Waals surface area contributed by atoms with Crippen molar-refractivity contribution >= 4 is 11.8 Å². The third kappa shape index (κ3) is 2.54. The Kier molecular flexibility index (Phi) is 3.44. The normalized spacial score (nSPS) is 17.1. The average Bonchev–Trinajstić information content (AvgIpc) is 2.33. The lowest BCUT2D eigenvalue weighted by atomic mass is 10.5. The summed E-state index contributed by atoms with van der Waals surface area (Å²) in [5.41, 5.74) is 5.12. The number of morpholine rings is 1.